The zero-order valence-electron chi connectivity index (χ0n) is 11.3. The number of aliphatic hydroxyl groups is 4. The van der Waals surface area contributed by atoms with Crippen molar-refractivity contribution >= 4 is 5.69 Å². The van der Waals surface area contributed by atoms with E-state index in [0.29, 0.717) is 0 Å². The first-order valence-corrected chi connectivity index (χ1v) is 6.64. The van der Waals surface area contributed by atoms with Crippen LogP contribution in [0, 0.1) is 0 Å². The summed E-state index contributed by atoms with van der Waals surface area (Å²) in [5.74, 6) is -1.88. The highest BCUT2D eigenvalue weighted by Crippen LogP contribution is 2.28. The van der Waals surface area contributed by atoms with Crippen LogP contribution >= 0.6 is 0 Å². The van der Waals surface area contributed by atoms with Crippen LogP contribution in [0.3, 0.4) is 0 Å². The Balaban J connectivity index is 1.97. The van der Waals surface area contributed by atoms with Crippen molar-refractivity contribution in [3.8, 4) is 0 Å². The van der Waals surface area contributed by atoms with Crippen molar-refractivity contribution in [1.82, 2.24) is 0 Å². The summed E-state index contributed by atoms with van der Waals surface area (Å²) in [6.07, 6.45) is -4.08. The molecule has 1 aliphatic heterocycles. The number of aliphatic hydroxyl groups excluding tert-OH is 3. The smallest absolute Gasteiger partial charge is 0.196 e. The molecule has 0 aliphatic carbocycles. The van der Waals surface area contributed by atoms with E-state index in [-0.39, 0.29) is 19.1 Å². The average molecular weight is 283 g/mol. The average Bonchev–Trinajstić information content (AvgIpc) is 2.42. The molecule has 0 amide bonds. The predicted molar refractivity (Wildman–Crippen MR) is 73.1 cm³/mol. The number of benzene rings is 1. The number of ether oxygens (including phenoxy) is 1. The van der Waals surface area contributed by atoms with Crippen molar-refractivity contribution in [3.05, 3.63) is 30.3 Å². The summed E-state index contributed by atoms with van der Waals surface area (Å²) in [6.45, 7) is 1.62. The van der Waals surface area contributed by atoms with Gasteiger partial charge in [0.2, 0.25) is 0 Å². The number of hydrogen-bond acceptors (Lipinski definition) is 6. The first-order chi connectivity index (χ1) is 9.42. The van der Waals surface area contributed by atoms with Gasteiger partial charge in [0.15, 0.2) is 5.79 Å². The summed E-state index contributed by atoms with van der Waals surface area (Å²) in [7, 11) is 0. The van der Waals surface area contributed by atoms with Gasteiger partial charge in [0.05, 0.1) is 6.61 Å². The molecule has 1 aromatic rings. The third-order valence-electron chi connectivity index (χ3n) is 3.47. The topological polar surface area (TPSA) is 102 Å². The van der Waals surface area contributed by atoms with Crippen LogP contribution in [0.15, 0.2) is 30.3 Å². The fraction of sp³-hybridized carbons (Fsp3) is 0.571. The van der Waals surface area contributed by atoms with Crippen molar-refractivity contribution in [1.29, 1.82) is 0 Å². The number of anilines is 1. The van der Waals surface area contributed by atoms with Crippen molar-refractivity contribution < 1.29 is 25.2 Å². The van der Waals surface area contributed by atoms with Crippen LogP contribution in [0.4, 0.5) is 5.69 Å². The Bertz CT molecular complexity index is 429. The Kier molecular flexibility index (Phi) is 4.62. The van der Waals surface area contributed by atoms with Crippen LogP contribution in [0.25, 0.3) is 0 Å². The molecule has 5 N–H and O–H groups in total. The zero-order chi connectivity index (χ0) is 14.8. The highest BCUT2D eigenvalue weighted by molar-refractivity contribution is 5.43. The predicted octanol–water partition coefficient (Wildman–Crippen LogP) is -0.321. The van der Waals surface area contributed by atoms with Gasteiger partial charge < -0.3 is 30.5 Å². The van der Waals surface area contributed by atoms with Crippen LogP contribution in [0.5, 0.6) is 0 Å². The molecular weight excluding hydrogens is 262 g/mol. The monoisotopic (exact) mass is 283 g/mol. The van der Waals surface area contributed by atoms with E-state index in [1.165, 1.54) is 0 Å². The second-order valence-corrected chi connectivity index (χ2v) is 5.27. The minimum Gasteiger partial charge on any atom is -0.388 e. The van der Waals surface area contributed by atoms with E-state index in [9.17, 15) is 20.4 Å². The van der Waals surface area contributed by atoms with Crippen molar-refractivity contribution in [2.24, 2.45) is 0 Å². The Hall–Kier alpha value is -1.18. The van der Waals surface area contributed by atoms with Crippen molar-refractivity contribution in [2.45, 2.75) is 43.5 Å². The summed E-state index contributed by atoms with van der Waals surface area (Å²) in [5, 5.41) is 42.3. The van der Waals surface area contributed by atoms with Crippen LogP contribution in [-0.4, -0.2) is 57.2 Å². The molecule has 1 aromatic carbocycles. The lowest BCUT2D eigenvalue weighted by atomic mass is 9.92. The molecule has 5 atom stereocenters. The number of rotatable bonds is 4. The first-order valence-electron chi connectivity index (χ1n) is 6.64. The van der Waals surface area contributed by atoms with Gasteiger partial charge in [0.1, 0.15) is 18.3 Å². The lowest BCUT2D eigenvalue weighted by Gasteiger charge is -2.42. The van der Waals surface area contributed by atoms with Gasteiger partial charge in [-0.1, -0.05) is 18.2 Å². The Labute approximate surface area is 117 Å². The van der Waals surface area contributed by atoms with Gasteiger partial charge in [-0.3, -0.25) is 0 Å². The molecule has 1 aliphatic rings. The fourth-order valence-corrected chi connectivity index (χ4v) is 2.38. The summed E-state index contributed by atoms with van der Waals surface area (Å²) < 4.78 is 5.12. The molecule has 1 saturated heterocycles. The highest BCUT2D eigenvalue weighted by Gasteiger charge is 2.48. The van der Waals surface area contributed by atoms with E-state index in [4.69, 9.17) is 4.74 Å². The van der Waals surface area contributed by atoms with Gasteiger partial charge in [-0.25, -0.2) is 0 Å². The molecule has 1 fully saturated rings. The molecule has 0 aromatic heterocycles. The summed E-state index contributed by atoms with van der Waals surface area (Å²) >= 11 is 0. The molecule has 1 heterocycles. The van der Waals surface area contributed by atoms with Crippen LogP contribution < -0.4 is 5.32 Å². The van der Waals surface area contributed by atoms with Crippen LogP contribution in [0.1, 0.15) is 13.3 Å². The molecular formula is C14H21NO5. The summed E-state index contributed by atoms with van der Waals surface area (Å²) in [5.41, 5.74) is 0.884. The highest BCUT2D eigenvalue weighted by atomic mass is 16.6. The lowest BCUT2D eigenvalue weighted by Crippen LogP contribution is -2.62. The SMILES string of the molecule is CC(CC1(O)OC[C@@H](O)[C@H](O)[C@H]1O)Nc1ccccc1. The van der Waals surface area contributed by atoms with Gasteiger partial charge in [0.25, 0.3) is 0 Å². The van der Waals surface area contributed by atoms with Crippen LogP contribution in [0.2, 0.25) is 0 Å². The molecule has 0 radical (unpaired) electrons. The zero-order valence-corrected chi connectivity index (χ0v) is 11.3. The van der Waals surface area contributed by atoms with E-state index in [0.717, 1.165) is 5.69 Å². The minimum absolute atomic E-state index is 0.0762. The Morgan fingerprint density at radius 1 is 1.30 bits per heavy atom. The second kappa shape index (κ2) is 6.07. The standard InChI is InChI=1S/C14H21NO5/c1-9(15-10-5-3-2-4-6-10)7-14(19)13(18)12(17)11(16)8-20-14/h2-6,9,11-13,15-19H,7-8H2,1H3/t9?,11-,12+,13-,14?/m1/s1. The molecule has 2 unspecified atom stereocenters. The number of hydrogen-bond donors (Lipinski definition) is 5. The third kappa shape index (κ3) is 3.28. The largest absolute Gasteiger partial charge is 0.388 e. The van der Waals surface area contributed by atoms with Gasteiger partial charge in [-0.2, -0.15) is 0 Å². The molecule has 0 spiro atoms. The number of nitrogens with one attached hydrogen (secondary N) is 1. The van der Waals surface area contributed by atoms with Crippen molar-refractivity contribution in [2.75, 3.05) is 11.9 Å². The lowest BCUT2D eigenvalue weighted by molar-refractivity contribution is -0.324. The quantitative estimate of drug-likeness (QED) is 0.519. The maximum atomic E-state index is 10.3. The maximum Gasteiger partial charge on any atom is 0.196 e. The van der Waals surface area contributed by atoms with Crippen LogP contribution in [-0.2, 0) is 4.74 Å². The van der Waals surface area contributed by atoms with E-state index < -0.39 is 24.1 Å². The van der Waals surface area contributed by atoms with Gasteiger partial charge in [0, 0.05) is 18.2 Å². The van der Waals surface area contributed by atoms with Gasteiger partial charge in [-0.05, 0) is 19.1 Å². The van der Waals surface area contributed by atoms with Gasteiger partial charge >= 0.3 is 0 Å². The van der Waals surface area contributed by atoms with E-state index in [1.807, 2.05) is 37.3 Å². The molecule has 0 bridgehead atoms. The first kappa shape index (κ1) is 15.2. The molecule has 2 rings (SSSR count). The molecule has 20 heavy (non-hydrogen) atoms. The summed E-state index contributed by atoms with van der Waals surface area (Å²) in [6, 6.07) is 9.24. The third-order valence-corrected chi connectivity index (χ3v) is 3.47. The molecule has 0 saturated carbocycles. The number of para-hydroxylation sites is 1. The van der Waals surface area contributed by atoms with E-state index in [2.05, 4.69) is 5.32 Å². The fourth-order valence-electron chi connectivity index (χ4n) is 2.38. The van der Waals surface area contributed by atoms with Gasteiger partial charge in [-0.15, -0.1) is 0 Å². The second-order valence-electron chi connectivity index (χ2n) is 5.27. The maximum absolute atomic E-state index is 10.3. The van der Waals surface area contributed by atoms with E-state index >= 15 is 0 Å². The Morgan fingerprint density at radius 2 is 1.95 bits per heavy atom. The van der Waals surface area contributed by atoms with E-state index in [1.54, 1.807) is 0 Å². The molecule has 6 nitrogen and oxygen atoms in total. The molecule has 112 valence electrons. The summed E-state index contributed by atoms with van der Waals surface area (Å²) in [4.78, 5) is 0. The Morgan fingerprint density at radius 3 is 2.60 bits per heavy atom. The van der Waals surface area contributed by atoms with Crippen molar-refractivity contribution in [3.63, 3.8) is 0 Å². The molecule has 6 heteroatoms. The normalized spacial score (nSPS) is 35.5. The minimum atomic E-state index is -1.88.